The van der Waals surface area contributed by atoms with E-state index in [0.29, 0.717) is 5.69 Å². The van der Waals surface area contributed by atoms with Crippen LogP contribution in [0.5, 0.6) is 5.75 Å². The molecule has 0 aliphatic heterocycles. The largest absolute Gasteiger partial charge is 0.505 e. The van der Waals surface area contributed by atoms with Crippen molar-refractivity contribution in [2.24, 2.45) is 0 Å². The van der Waals surface area contributed by atoms with Crippen LogP contribution in [0.3, 0.4) is 0 Å². The first-order valence-corrected chi connectivity index (χ1v) is 8.72. The number of hydrogen-bond acceptors (Lipinski definition) is 3. The van der Waals surface area contributed by atoms with Gasteiger partial charge in [-0.3, -0.25) is 14.8 Å². The Hall–Kier alpha value is -4.00. The number of benzene rings is 3. The first-order chi connectivity index (χ1) is 14.0. The fourth-order valence-electron chi connectivity index (χ4n) is 2.91. The summed E-state index contributed by atoms with van der Waals surface area (Å²) in [5, 5.41) is 16.9. The predicted molar refractivity (Wildman–Crippen MR) is 105 cm³/mol. The summed E-state index contributed by atoms with van der Waals surface area (Å²) in [5.41, 5.74) is 1.95. The molecule has 0 unspecified atom stereocenters. The summed E-state index contributed by atoms with van der Waals surface area (Å²) in [5.74, 6) is -2.15. The standard InChI is InChI=1S/C22H15F2N3O2/c23-16-8-6-15(7-9-16)22(29)27(17-10-11-18(24)20(28)12-17)21-13-19(25-26-21)14-4-2-1-3-5-14/h1-13,28H,(H,25,26). The van der Waals surface area contributed by atoms with Crippen LogP contribution < -0.4 is 4.90 Å². The lowest BCUT2D eigenvalue weighted by Crippen LogP contribution is -2.26. The number of nitrogens with zero attached hydrogens (tertiary/aromatic N) is 2. The van der Waals surface area contributed by atoms with Crippen LogP contribution >= 0.6 is 0 Å². The molecule has 1 aromatic heterocycles. The lowest BCUT2D eigenvalue weighted by molar-refractivity contribution is 0.0998. The first kappa shape index (κ1) is 18.4. The van der Waals surface area contributed by atoms with Crippen molar-refractivity contribution >= 4 is 17.4 Å². The van der Waals surface area contributed by atoms with Crippen molar-refractivity contribution in [1.82, 2.24) is 10.2 Å². The van der Waals surface area contributed by atoms with Gasteiger partial charge in [0, 0.05) is 17.7 Å². The Labute approximate surface area is 164 Å². The number of aromatic hydroxyl groups is 1. The van der Waals surface area contributed by atoms with E-state index in [1.54, 1.807) is 6.07 Å². The van der Waals surface area contributed by atoms with Gasteiger partial charge in [0.15, 0.2) is 17.4 Å². The summed E-state index contributed by atoms with van der Waals surface area (Å²) in [6.45, 7) is 0. The number of phenols is 1. The van der Waals surface area contributed by atoms with E-state index in [-0.39, 0.29) is 17.1 Å². The summed E-state index contributed by atoms with van der Waals surface area (Å²) in [6, 6.07) is 19.6. The Balaban J connectivity index is 1.80. The van der Waals surface area contributed by atoms with Crippen molar-refractivity contribution < 1.29 is 18.7 Å². The highest BCUT2D eigenvalue weighted by molar-refractivity contribution is 6.10. The lowest BCUT2D eigenvalue weighted by atomic mass is 10.1. The molecule has 4 rings (SSSR count). The number of nitrogens with one attached hydrogen (secondary N) is 1. The molecule has 0 atom stereocenters. The van der Waals surface area contributed by atoms with E-state index in [0.717, 1.165) is 17.7 Å². The van der Waals surface area contributed by atoms with Gasteiger partial charge in [0.2, 0.25) is 0 Å². The summed E-state index contributed by atoms with van der Waals surface area (Å²) in [4.78, 5) is 14.4. The molecule has 0 aliphatic rings. The maximum Gasteiger partial charge on any atom is 0.264 e. The highest BCUT2D eigenvalue weighted by atomic mass is 19.1. The Kier molecular flexibility index (Phi) is 4.78. The molecule has 0 bridgehead atoms. The quantitative estimate of drug-likeness (QED) is 0.512. The van der Waals surface area contributed by atoms with Crippen LogP contribution in [0.25, 0.3) is 11.3 Å². The zero-order chi connectivity index (χ0) is 20.4. The highest BCUT2D eigenvalue weighted by Gasteiger charge is 2.23. The van der Waals surface area contributed by atoms with Crippen LogP contribution in [0.2, 0.25) is 0 Å². The van der Waals surface area contributed by atoms with E-state index in [1.165, 1.54) is 35.2 Å². The Morgan fingerprint density at radius 3 is 2.34 bits per heavy atom. The molecule has 5 nitrogen and oxygen atoms in total. The average molecular weight is 391 g/mol. The van der Waals surface area contributed by atoms with Gasteiger partial charge >= 0.3 is 0 Å². The maximum absolute atomic E-state index is 13.5. The third-order valence-corrected chi connectivity index (χ3v) is 4.36. The van der Waals surface area contributed by atoms with Gasteiger partial charge in [-0.2, -0.15) is 5.10 Å². The molecule has 29 heavy (non-hydrogen) atoms. The van der Waals surface area contributed by atoms with Gasteiger partial charge in [0.05, 0.1) is 11.4 Å². The van der Waals surface area contributed by atoms with Crippen molar-refractivity contribution in [3.8, 4) is 17.0 Å². The van der Waals surface area contributed by atoms with E-state index < -0.39 is 23.3 Å². The molecule has 2 N–H and O–H groups in total. The van der Waals surface area contributed by atoms with Crippen LogP contribution in [-0.4, -0.2) is 21.2 Å². The molecule has 1 amide bonds. The molecule has 7 heteroatoms. The van der Waals surface area contributed by atoms with Crippen LogP contribution in [0.15, 0.2) is 78.9 Å². The van der Waals surface area contributed by atoms with E-state index in [4.69, 9.17) is 0 Å². The van der Waals surface area contributed by atoms with Crippen LogP contribution in [0.4, 0.5) is 20.3 Å². The zero-order valence-corrected chi connectivity index (χ0v) is 15.0. The SMILES string of the molecule is O=C(c1ccc(F)cc1)N(c1ccc(F)c(O)c1)c1cc(-c2ccccc2)[nH]n1. The fraction of sp³-hybridized carbons (Fsp3) is 0. The molecule has 4 aromatic rings. The first-order valence-electron chi connectivity index (χ1n) is 8.72. The minimum Gasteiger partial charge on any atom is -0.505 e. The molecule has 144 valence electrons. The number of H-pyrrole nitrogens is 1. The van der Waals surface area contributed by atoms with Gasteiger partial charge in [-0.25, -0.2) is 8.78 Å². The second-order valence-electron chi connectivity index (χ2n) is 6.29. The molecule has 0 saturated carbocycles. The van der Waals surface area contributed by atoms with Gasteiger partial charge in [-0.05, 0) is 42.0 Å². The minimum absolute atomic E-state index is 0.208. The Morgan fingerprint density at radius 2 is 1.66 bits per heavy atom. The lowest BCUT2D eigenvalue weighted by Gasteiger charge is -2.20. The third kappa shape index (κ3) is 3.70. The summed E-state index contributed by atoms with van der Waals surface area (Å²) in [7, 11) is 0. The smallest absolute Gasteiger partial charge is 0.264 e. The number of halogens is 2. The molecular formula is C22H15F2N3O2. The normalized spacial score (nSPS) is 10.7. The van der Waals surface area contributed by atoms with Gasteiger partial charge in [-0.15, -0.1) is 0 Å². The number of phenolic OH excluding ortho intramolecular Hbond substituents is 1. The van der Waals surface area contributed by atoms with Gasteiger partial charge < -0.3 is 5.11 Å². The van der Waals surface area contributed by atoms with Gasteiger partial charge in [-0.1, -0.05) is 30.3 Å². The van der Waals surface area contributed by atoms with E-state index in [9.17, 15) is 18.7 Å². The molecule has 0 radical (unpaired) electrons. The van der Waals surface area contributed by atoms with E-state index >= 15 is 0 Å². The summed E-state index contributed by atoms with van der Waals surface area (Å²) >= 11 is 0. The molecule has 0 fully saturated rings. The number of carbonyl (C=O) groups is 1. The molecular weight excluding hydrogens is 376 g/mol. The molecule has 0 saturated heterocycles. The average Bonchev–Trinajstić information content (AvgIpc) is 3.21. The van der Waals surface area contributed by atoms with Gasteiger partial charge in [0.25, 0.3) is 5.91 Å². The van der Waals surface area contributed by atoms with Crippen molar-refractivity contribution in [2.75, 3.05) is 4.90 Å². The zero-order valence-electron chi connectivity index (χ0n) is 15.0. The molecule has 0 aliphatic carbocycles. The number of anilines is 2. The molecule has 0 spiro atoms. The summed E-state index contributed by atoms with van der Waals surface area (Å²) in [6.07, 6.45) is 0. The second-order valence-corrected chi connectivity index (χ2v) is 6.29. The second kappa shape index (κ2) is 7.55. The number of hydrogen-bond donors (Lipinski definition) is 2. The topological polar surface area (TPSA) is 69.2 Å². The Bertz CT molecular complexity index is 1160. The van der Waals surface area contributed by atoms with Crippen molar-refractivity contribution in [3.63, 3.8) is 0 Å². The highest BCUT2D eigenvalue weighted by Crippen LogP contribution is 2.32. The predicted octanol–water partition coefficient (Wildman–Crippen LogP) is 5.04. The van der Waals surface area contributed by atoms with Crippen LogP contribution in [0, 0.1) is 11.6 Å². The maximum atomic E-state index is 13.5. The monoisotopic (exact) mass is 391 g/mol. The van der Waals surface area contributed by atoms with Crippen LogP contribution in [0.1, 0.15) is 10.4 Å². The number of amides is 1. The van der Waals surface area contributed by atoms with Gasteiger partial charge in [0.1, 0.15) is 5.82 Å². The molecule has 1 heterocycles. The fourth-order valence-corrected chi connectivity index (χ4v) is 2.91. The van der Waals surface area contributed by atoms with E-state index in [2.05, 4.69) is 10.2 Å². The van der Waals surface area contributed by atoms with E-state index in [1.807, 2.05) is 30.3 Å². The van der Waals surface area contributed by atoms with Crippen molar-refractivity contribution in [2.45, 2.75) is 0 Å². The number of aromatic nitrogens is 2. The van der Waals surface area contributed by atoms with Crippen molar-refractivity contribution in [1.29, 1.82) is 0 Å². The Morgan fingerprint density at radius 1 is 0.931 bits per heavy atom. The number of rotatable bonds is 4. The van der Waals surface area contributed by atoms with Crippen molar-refractivity contribution in [3.05, 3.63) is 96.1 Å². The van der Waals surface area contributed by atoms with Crippen LogP contribution in [-0.2, 0) is 0 Å². The third-order valence-electron chi connectivity index (χ3n) is 4.36. The number of carbonyl (C=O) groups excluding carboxylic acids is 1. The minimum atomic E-state index is -0.810. The molecule has 3 aromatic carbocycles. The number of aromatic amines is 1. The summed E-state index contributed by atoms with van der Waals surface area (Å²) < 4.78 is 26.8.